The van der Waals surface area contributed by atoms with Gasteiger partial charge in [0, 0.05) is 12.6 Å². The average molecular weight is 257 g/mol. The molecule has 0 bridgehead atoms. The molecule has 0 saturated carbocycles. The molecule has 1 rings (SSSR count). The summed E-state index contributed by atoms with van der Waals surface area (Å²) < 4.78 is 27.8. The van der Waals surface area contributed by atoms with E-state index in [1.165, 1.54) is 7.05 Å². The standard InChI is InChI=1S/C11H19N3O2S/c1-11(2,3)13-17(15,16)14(4)10-8-6-5-7-9(10)12/h5-8,13H,12H2,1-4H3. The van der Waals surface area contributed by atoms with Gasteiger partial charge in [0.15, 0.2) is 0 Å². The Morgan fingerprint density at radius 3 is 2.24 bits per heavy atom. The van der Waals surface area contributed by atoms with Crippen molar-refractivity contribution in [1.82, 2.24) is 4.72 Å². The van der Waals surface area contributed by atoms with Crippen LogP contribution in [0, 0.1) is 0 Å². The molecule has 0 aromatic heterocycles. The first-order chi connectivity index (χ1) is 7.63. The number of nitrogen functional groups attached to an aromatic ring is 1. The van der Waals surface area contributed by atoms with Gasteiger partial charge in [-0.3, -0.25) is 4.31 Å². The van der Waals surface area contributed by atoms with E-state index in [0.29, 0.717) is 11.4 Å². The minimum atomic E-state index is -3.59. The van der Waals surface area contributed by atoms with Crippen LogP contribution in [0.4, 0.5) is 11.4 Å². The Morgan fingerprint density at radius 2 is 1.76 bits per heavy atom. The molecular formula is C11H19N3O2S. The van der Waals surface area contributed by atoms with Crippen molar-refractivity contribution in [3.63, 3.8) is 0 Å². The van der Waals surface area contributed by atoms with E-state index >= 15 is 0 Å². The van der Waals surface area contributed by atoms with Gasteiger partial charge in [0.05, 0.1) is 11.4 Å². The largest absolute Gasteiger partial charge is 0.397 e. The predicted octanol–water partition coefficient (Wildman–Crippen LogP) is 1.34. The molecule has 0 aliphatic rings. The Hall–Kier alpha value is -1.27. The number of nitrogens with two attached hydrogens (primary N) is 1. The minimum Gasteiger partial charge on any atom is -0.397 e. The van der Waals surface area contributed by atoms with Crippen LogP contribution in [0.3, 0.4) is 0 Å². The molecule has 3 N–H and O–H groups in total. The lowest BCUT2D eigenvalue weighted by Gasteiger charge is -2.27. The van der Waals surface area contributed by atoms with Crippen LogP contribution in [-0.4, -0.2) is 21.0 Å². The maximum Gasteiger partial charge on any atom is 0.301 e. The molecule has 1 aromatic rings. The molecule has 0 aliphatic carbocycles. The van der Waals surface area contributed by atoms with Crippen LogP contribution in [0.15, 0.2) is 24.3 Å². The van der Waals surface area contributed by atoms with Crippen molar-refractivity contribution in [3.8, 4) is 0 Å². The van der Waals surface area contributed by atoms with E-state index in [0.717, 1.165) is 4.31 Å². The fourth-order valence-electron chi connectivity index (χ4n) is 1.36. The van der Waals surface area contributed by atoms with Gasteiger partial charge in [-0.25, -0.2) is 0 Å². The normalized spacial score (nSPS) is 12.5. The van der Waals surface area contributed by atoms with Crippen LogP contribution in [-0.2, 0) is 10.2 Å². The first-order valence-corrected chi connectivity index (χ1v) is 6.70. The number of nitrogens with one attached hydrogen (secondary N) is 1. The molecule has 0 amide bonds. The van der Waals surface area contributed by atoms with Gasteiger partial charge >= 0.3 is 10.2 Å². The number of benzene rings is 1. The van der Waals surface area contributed by atoms with Crippen LogP contribution >= 0.6 is 0 Å². The van der Waals surface area contributed by atoms with Gasteiger partial charge in [-0.15, -0.1) is 0 Å². The molecule has 0 saturated heterocycles. The lowest BCUT2D eigenvalue weighted by atomic mass is 10.1. The summed E-state index contributed by atoms with van der Waals surface area (Å²) in [7, 11) is -2.12. The molecule has 0 radical (unpaired) electrons. The van der Waals surface area contributed by atoms with Crippen molar-refractivity contribution < 1.29 is 8.42 Å². The summed E-state index contributed by atoms with van der Waals surface area (Å²) in [4.78, 5) is 0. The summed E-state index contributed by atoms with van der Waals surface area (Å²) in [5.41, 5.74) is 6.10. The third-order valence-electron chi connectivity index (χ3n) is 2.07. The molecule has 0 atom stereocenters. The van der Waals surface area contributed by atoms with E-state index in [1.807, 2.05) is 0 Å². The highest BCUT2D eigenvalue weighted by Gasteiger charge is 2.25. The van der Waals surface area contributed by atoms with Crippen molar-refractivity contribution in [2.24, 2.45) is 0 Å². The highest BCUT2D eigenvalue weighted by molar-refractivity contribution is 7.90. The summed E-state index contributed by atoms with van der Waals surface area (Å²) in [5.74, 6) is 0. The first kappa shape index (κ1) is 13.8. The molecule has 96 valence electrons. The monoisotopic (exact) mass is 257 g/mol. The van der Waals surface area contributed by atoms with Gasteiger partial charge in [-0.2, -0.15) is 13.1 Å². The topological polar surface area (TPSA) is 75.4 Å². The number of rotatable bonds is 3. The number of para-hydroxylation sites is 2. The maximum absolute atomic E-state index is 12.1. The van der Waals surface area contributed by atoms with E-state index < -0.39 is 15.7 Å². The highest BCUT2D eigenvalue weighted by Crippen LogP contribution is 2.23. The number of anilines is 2. The summed E-state index contributed by atoms with van der Waals surface area (Å²) in [5, 5.41) is 0. The number of hydrogen-bond acceptors (Lipinski definition) is 3. The zero-order chi connectivity index (χ0) is 13.3. The quantitative estimate of drug-likeness (QED) is 0.802. The second-order valence-electron chi connectivity index (χ2n) is 4.88. The fourth-order valence-corrected chi connectivity index (χ4v) is 2.70. The van der Waals surface area contributed by atoms with Gasteiger partial charge < -0.3 is 5.73 Å². The van der Waals surface area contributed by atoms with Crippen LogP contribution in [0.5, 0.6) is 0 Å². The van der Waals surface area contributed by atoms with E-state index in [9.17, 15) is 8.42 Å². The summed E-state index contributed by atoms with van der Waals surface area (Å²) >= 11 is 0. The molecule has 0 aliphatic heterocycles. The van der Waals surface area contributed by atoms with E-state index in [2.05, 4.69) is 4.72 Å². The molecule has 0 fully saturated rings. The van der Waals surface area contributed by atoms with E-state index in [1.54, 1.807) is 45.0 Å². The Kier molecular flexibility index (Phi) is 3.68. The molecular weight excluding hydrogens is 238 g/mol. The van der Waals surface area contributed by atoms with E-state index in [4.69, 9.17) is 5.73 Å². The van der Waals surface area contributed by atoms with Crippen LogP contribution in [0.2, 0.25) is 0 Å². The average Bonchev–Trinajstić information content (AvgIpc) is 2.13. The van der Waals surface area contributed by atoms with E-state index in [-0.39, 0.29) is 0 Å². The number of hydrogen-bond donors (Lipinski definition) is 2. The van der Waals surface area contributed by atoms with Crippen molar-refractivity contribution in [3.05, 3.63) is 24.3 Å². The Balaban J connectivity index is 3.06. The SMILES string of the molecule is CN(c1ccccc1N)S(=O)(=O)NC(C)(C)C. The third kappa shape index (κ3) is 3.61. The summed E-state index contributed by atoms with van der Waals surface area (Å²) in [6, 6.07) is 6.83. The smallest absolute Gasteiger partial charge is 0.301 e. The Morgan fingerprint density at radius 1 is 1.24 bits per heavy atom. The second-order valence-corrected chi connectivity index (χ2v) is 6.59. The van der Waals surface area contributed by atoms with Crippen molar-refractivity contribution >= 4 is 21.6 Å². The van der Waals surface area contributed by atoms with Crippen molar-refractivity contribution in [1.29, 1.82) is 0 Å². The summed E-state index contributed by atoms with van der Waals surface area (Å²) in [6.45, 7) is 5.35. The summed E-state index contributed by atoms with van der Waals surface area (Å²) in [6.07, 6.45) is 0. The van der Waals surface area contributed by atoms with Gasteiger partial charge in [0.25, 0.3) is 0 Å². The van der Waals surface area contributed by atoms with Gasteiger partial charge in [-0.05, 0) is 32.9 Å². The maximum atomic E-state index is 12.1. The molecule has 6 heteroatoms. The van der Waals surface area contributed by atoms with Crippen LogP contribution in [0.25, 0.3) is 0 Å². The molecule has 5 nitrogen and oxygen atoms in total. The second kappa shape index (κ2) is 4.54. The third-order valence-corrected chi connectivity index (χ3v) is 3.86. The van der Waals surface area contributed by atoms with Gasteiger partial charge in [0.2, 0.25) is 0 Å². The molecule has 1 aromatic carbocycles. The zero-order valence-corrected chi connectivity index (χ0v) is 11.4. The van der Waals surface area contributed by atoms with Gasteiger partial charge in [-0.1, -0.05) is 12.1 Å². The highest BCUT2D eigenvalue weighted by atomic mass is 32.2. The van der Waals surface area contributed by atoms with Crippen LogP contribution in [0.1, 0.15) is 20.8 Å². The van der Waals surface area contributed by atoms with Crippen LogP contribution < -0.4 is 14.8 Å². The molecule has 0 unspecified atom stereocenters. The first-order valence-electron chi connectivity index (χ1n) is 5.26. The predicted molar refractivity (Wildman–Crippen MR) is 71.1 cm³/mol. The Bertz CT molecular complexity index is 492. The lowest BCUT2D eigenvalue weighted by Crippen LogP contribution is -2.47. The Labute approximate surface area is 103 Å². The van der Waals surface area contributed by atoms with Crippen molar-refractivity contribution in [2.45, 2.75) is 26.3 Å². The van der Waals surface area contributed by atoms with Gasteiger partial charge in [0.1, 0.15) is 0 Å². The molecule has 17 heavy (non-hydrogen) atoms. The lowest BCUT2D eigenvalue weighted by molar-refractivity contribution is 0.490. The van der Waals surface area contributed by atoms with Crippen molar-refractivity contribution in [2.75, 3.05) is 17.1 Å². The zero-order valence-electron chi connectivity index (χ0n) is 10.6. The minimum absolute atomic E-state index is 0.425. The number of nitrogens with zero attached hydrogens (tertiary/aromatic N) is 1. The molecule has 0 heterocycles. The fraction of sp³-hybridized carbons (Fsp3) is 0.455. The molecule has 0 spiro atoms.